The van der Waals surface area contributed by atoms with Crippen LogP contribution in [0.25, 0.3) is 0 Å². The van der Waals surface area contributed by atoms with E-state index in [1.165, 1.54) is 6.08 Å². The first kappa shape index (κ1) is 11.1. The number of nitrogens with one attached hydrogen (secondary N) is 1. The van der Waals surface area contributed by atoms with E-state index in [9.17, 15) is 8.42 Å². The van der Waals surface area contributed by atoms with Crippen LogP contribution < -0.4 is 5.32 Å². The van der Waals surface area contributed by atoms with E-state index in [1.54, 1.807) is 4.31 Å². The highest BCUT2D eigenvalue weighted by molar-refractivity contribution is 7.89. The van der Waals surface area contributed by atoms with Gasteiger partial charge in [0, 0.05) is 12.6 Å². The van der Waals surface area contributed by atoms with Gasteiger partial charge in [-0.1, -0.05) is 6.08 Å². The number of fused-ring (bicyclic) bond motifs is 1. The summed E-state index contributed by atoms with van der Waals surface area (Å²) in [6, 6.07) is 0.134. The van der Waals surface area contributed by atoms with Crippen LogP contribution in [0.4, 0.5) is 0 Å². The Morgan fingerprint density at radius 2 is 2.27 bits per heavy atom. The van der Waals surface area contributed by atoms with E-state index >= 15 is 0 Å². The van der Waals surface area contributed by atoms with Gasteiger partial charge < -0.3 is 5.32 Å². The fourth-order valence-corrected chi connectivity index (χ4v) is 4.31. The second kappa shape index (κ2) is 3.88. The molecule has 3 atom stereocenters. The van der Waals surface area contributed by atoms with Crippen LogP contribution in [0.3, 0.4) is 0 Å². The number of hydrogen-bond acceptors (Lipinski definition) is 3. The fourth-order valence-electron chi connectivity index (χ4n) is 2.74. The summed E-state index contributed by atoms with van der Waals surface area (Å²) in [7, 11) is -3.11. The Morgan fingerprint density at radius 3 is 2.87 bits per heavy atom. The molecule has 2 aliphatic rings. The van der Waals surface area contributed by atoms with Crippen molar-refractivity contribution in [3.05, 3.63) is 12.7 Å². The van der Waals surface area contributed by atoms with Crippen molar-refractivity contribution in [1.29, 1.82) is 0 Å². The molecule has 1 N–H and O–H groups in total. The zero-order valence-electron chi connectivity index (χ0n) is 9.02. The van der Waals surface area contributed by atoms with E-state index in [1.807, 2.05) is 6.92 Å². The van der Waals surface area contributed by atoms with E-state index in [0.717, 1.165) is 13.1 Å². The summed E-state index contributed by atoms with van der Waals surface area (Å²) < 4.78 is 25.5. The van der Waals surface area contributed by atoms with Crippen molar-refractivity contribution in [2.45, 2.75) is 13.0 Å². The van der Waals surface area contributed by atoms with Gasteiger partial charge >= 0.3 is 0 Å². The average Bonchev–Trinajstić information content (AvgIpc) is 2.69. The van der Waals surface area contributed by atoms with Gasteiger partial charge in [0.05, 0.1) is 5.75 Å². The Labute approximate surface area is 91.4 Å². The summed E-state index contributed by atoms with van der Waals surface area (Å²) in [6.45, 7) is 8.09. The van der Waals surface area contributed by atoms with Crippen molar-refractivity contribution >= 4 is 10.0 Å². The van der Waals surface area contributed by atoms with E-state index < -0.39 is 10.0 Å². The maximum atomic E-state index is 11.9. The molecule has 0 amide bonds. The highest BCUT2D eigenvalue weighted by Crippen LogP contribution is 2.34. The van der Waals surface area contributed by atoms with Crippen LogP contribution in [0, 0.1) is 11.8 Å². The maximum Gasteiger partial charge on any atom is 0.217 e. The third kappa shape index (κ3) is 1.84. The van der Waals surface area contributed by atoms with E-state index in [4.69, 9.17) is 0 Å². The molecule has 4 nitrogen and oxygen atoms in total. The third-order valence-electron chi connectivity index (χ3n) is 3.57. The maximum absolute atomic E-state index is 11.9. The molecule has 0 saturated carbocycles. The molecule has 0 radical (unpaired) electrons. The molecule has 0 aromatic carbocycles. The van der Waals surface area contributed by atoms with Crippen molar-refractivity contribution in [2.75, 3.05) is 25.4 Å². The van der Waals surface area contributed by atoms with Gasteiger partial charge in [-0.2, -0.15) is 4.31 Å². The lowest BCUT2D eigenvalue weighted by Gasteiger charge is -2.23. The standard InChI is InChI=1S/C10H18N2O2S/c1-3-4-15(13,14)12-7-9-5-11-6-10(9)8(12)2/h3,8-11H,1,4-7H2,2H3. The smallest absolute Gasteiger partial charge is 0.217 e. The summed E-state index contributed by atoms with van der Waals surface area (Å²) in [5, 5.41) is 3.32. The van der Waals surface area contributed by atoms with Gasteiger partial charge in [0.2, 0.25) is 10.0 Å². The molecule has 2 saturated heterocycles. The normalized spacial score (nSPS) is 36.7. The van der Waals surface area contributed by atoms with E-state index in [2.05, 4.69) is 11.9 Å². The molecule has 0 aliphatic carbocycles. The molecule has 3 unspecified atom stereocenters. The van der Waals surface area contributed by atoms with Gasteiger partial charge in [-0.25, -0.2) is 8.42 Å². The summed E-state index contributed by atoms with van der Waals surface area (Å²) >= 11 is 0. The van der Waals surface area contributed by atoms with Gasteiger partial charge in [-0.15, -0.1) is 6.58 Å². The first-order chi connectivity index (χ1) is 7.06. The summed E-state index contributed by atoms with van der Waals surface area (Å²) in [6.07, 6.45) is 1.47. The predicted molar refractivity (Wildman–Crippen MR) is 60.0 cm³/mol. The molecule has 0 aromatic heterocycles. The summed E-state index contributed by atoms with van der Waals surface area (Å²) in [5.74, 6) is 1.05. The van der Waals surface area contributed by atoms with Crippen LogP contribution in [-0.2, 0) is 10.0 Å². The van der Waals surface area contributed by atoms with Crippen LogP contribution in [0.2, 0.25) is 0 Å². The molecule has 2 aliphatic heterocycles. The Morgan fingerprint density at radius 1 is 1.53 bits per heavy atom. The molecule has 5 heteroatoms. The summed E-state index contributed by atoms with van der Waals surface area (Å²) in [5.41, 5.74) is 0. The van der Waals surface area contributed by atoms with Crippen LogP contribution >= 0.6 is 0 Å². The van der Waals surface area contributed by atoms with Gasteiger partial charge in [0.15, 0.2) is 0 Å². The predicted octanol–water partition coefficient (Wildman–Crippen LogP) is 0.0419. The Kier molecular flexibility index (Phi) is 2.87. The number of rotatable bonds is 3. The summed E-state index contributed by atoms with van der Waals surface area (Å²) in [4.78, 5) is 0. The van der Waals surface area contributed by atoms with Gasteiger partial charge in [0.25, 0.3) is 0 Å². The molecule has 0 aromatic rings. The zero-order valence-corrected chi connectivity index (χ0v) is 9.83. The molecular formula is C10H18N2O2S. The molecule has 2 heterocycles. The lowest BCUT2D eigenvalue weighted by atomic mass is 9.95. The van der Waals surface area contributed by atoms with Crippen molar-refractivity contribution in [3.8, 4) is 0 Å². The first-order valence-corrected chi connectivity index (χ1v) is 6.98. The highest BCUT2D eigenvalue weighted by atomic mass is 32.2. The SMILES string of the molecule is C=CCS(=O)(=O)N1CC2CNCC2C1C. The number of sulfonamides is 1. The van der Waals surface area contributed by atoms with Crippen LogP contribution in [0.15, 0.2) is 12.7 Å². The van der Waals surface area contributed by atoms with Gasteiger partial charge in [-0.3, -0.25) is 0 Å². The van der Waals surface area contributed by atoms with Crippen molar-refractivity contribution in [1.82, 2.24) is 9.62 Å². The lowest BCUT2D eigenvalue weighted by molar-refractivity contribution is 0.361. The second-order valence-electron chi connectivity index (χ2n) is 4.46. The molecule has 0 bridgehead atoms. The lowest BCUT2D eigenvalue weighted by Crippen LogP contribution is -2.39. The Hall–Kier alpha value is -0.390. The van der Waals surface area contributed by atoms with E-state index in [-0.39, 0.29) is 11.8 Å². The minimum absolute atomic E-state index is 0.0597. The van der Waals surface area contributed by atoms with Crippen molar-refractivity contribution in [2.24, 2.45) is 11.8 Å². The largest absolute Gasteiger partial charge is 0.316 e. The molecule has 2 fully saturated rings. The molecule has 2 rings (SSSR count). The first-order valence-electron chi connectivity index (χ1n) is 5.37. The van der Waals surface area contributed by atoms with E-state index in [0.29, 0.717) is 18.4 Å². The number of hydrogen-bond donors (Lipinski definition) is 1. The highest BCUT2D eigenvalue weighted by Gasteiger charge is 2.45. The zero-order chi connectivity index (χ0) is 11.1. The topological polar surface area (TPSA) is 49.4 Å². The van der Waals surface area contributed by atoms with Gasteiger partial charge in [0.1, 0.15) is 0 Å². The minimum atomic E-state index is -3.11. The third-order valence-corrected chi connectivity index (χ3v) is 5.42. The van der Waals surface area contributed by atoms with Crippen LogP contribution in [0.1, 0.15) is 6.92 Å². The Balaban J connectivity index is 2.16. The Bertz CT molecular complexity index is 352. The quantitative estimate of drug-likeness (QED) is 0.697. The number of nitrogens with zero attached hydrogens (tertiary/aromatic N) is 1. The molecular weight excluding hydrogens is 212 g/mol. The monoisotopic (exact) mass is 230 g/mol. The second-order valence-corrected chi connectivity index (χ2v) is 6.43. The van der Waals surface area contributed by atoms with Gasteiger partial charge in [-0.05, 0) is 31.8 Å². The van der Waals surface area contributed by atoms with Crippen molar-refractivity contribution in [3.63, 3.8) is 0 Å². The molecule has 0 spiro atoms. The minimum Gasteiger partial charge on any atom is -0.316 e. The van der Waals surface area contributed by atoms with Crippen molar-refractivity contribution < 1.29 is 8.42 Å². The fraction of sp³-hybridized carbons (Fsp3) is 0.800. The van der Waals surface area contributed by atoms with Crippen LogP contribution in [-0.4, -0.2) is 44.2 Å². The molecule has 86 valence electrons. The van der Waals surface area contributed by atoms with Crippen LogP contribution in [0.5, 0.6) is 0 Å². The molecule has 15 heavy (non-hydrogen) atoms. The average molecular weight is 230 g/mol.